The van der Waals surface area contributed by atoms with Gasteiger partial charge >= 0.3 is 0 Å². The standard InChI is InChI=1S/C17H16N2O3/c20-13-7-5-12(6-8-13)18-17(22)10-15-16(21)9-11-3-1-2-4-14(11)19-15/h1-8,15,19-20H,9-10H2,(H,18,22). The average Bonchev–Trinajstić information content (AvgIpc) is 2.50. The van der Waals surface area contributed by atoms with Crippen molar-refractivity contribution < 1.29 is 14.7 Å². The van der Waals surface area contributed by atoms with Crippen LogP contribution in [0, 0.1) is 0 Å². The SMILES string of the molecule is O=C(CC1Nc2ccccc2CC1=O)Nc1ccc(O)cc1. The molecule has 112 valence electrons. The molecule has 1 heterocycles. The van der Waals surface area contributed by atoms with Gasteiger partial charge in [0.25, 0.3) is 0 Å². The first-order chi connectivity index (χ1) is 10.6. The highest BCUT2D eigenvalue weighted by Gasteiger charge is 2.27. The lowest BCUT2D eigenvalue weighted by Crippen LogP contribution is -2.38. The predicted octanol–water partition coefficient (Wildman–Crippen LogP) is 2.33. The van der Waals surface area contributed by atoms with Gasteiger partial charge in [-0.3, -0.25) is 9.59 Å². The van der Waals surface area contributed by atoms with Gasteiger partial charge in [0, 0.05) is 17.8 Å². The first-order valence-electron chi connectivity index (χ1n) is 7.08. The number of amides is 1. The largest absolute Gasteiger partial charge is 0.508 e. The summed E-state index contributed by atoms with van der Waals surface area (Å²) in [5.74, 6) is -0.0887. The van der Waals surface area contributed by atoms with E-state index in [1.54, 1.807) is 12.1 Å². The van der Waals surface area contributed by atoms with Gasteiger partial charge in [0.15, 0.2) is 5.78 Å². The molecule has 1 unspecified atom stereocenters. The second-order valence-corrected chi connectivity index (χ2v) is 5.30. The van der Waals surface area contributed by atoms with Gasteiger partial charge in [-0.2, -0.15) is 0 Å². The van der Waals surface area contributed by atoms with Crippen LogP contribution in [-0.2, 0) is 16.0 Å². The summed E-state index contributed by atoms with van der Waals surface area (Å²) in [5, 5.41) is 15.1. The minimum Gasteiger partial charge on any atom is -0.508 e. The van der Waals surface area contributed by atoms with Crippen LogP contribution < -0.4 is 10.6 Å². The molecular formula is C17H16N2O3. The number of anilines is 2. The van der Waals surface area contributed by atoms with Crippen LogP contribution in [0.2, 0.25) is 0 Å². The van der Waals surface area contributed by atoms with Gasteiger partial charge in [-0.15, -0.1) is 0 Å². The molecule has 0 saturated heterocycles. The fourth-order valence-electron chi connectivity index (χ4n) is 2.50. The van der Waals surface area contributed by atoms with Gasteiger partial charge in [-0.05, 0) is 35.9 Å². The lowest BCUT2D eigenvalue weighted by Gasteiger charge is -2.25. The van der Waals surface area contributed by atoms with Gasteiger partial charge in [0.2, 0.25) is 5.91 Å². The number of benzene rings is 2. The van der Waals surface area contributed by atoms with Crippen LogP contribution in [0.5, 0.6) is 5.75 Å². The molecule has 0 spiro atoms. The minimum absolute atomic E-state index is 0.0135. The summed E-state index contributed by atoms with van der Waals surface area (Å²) >= 11 is 0. The maximum atomic E-state index is 12.1. The van der Waals surface area contributed by atoms with Crippen molar-refractivity contribution in [3.05, 3.63) is 54.1 Å². The molecule has 2 aromatic carbocycles. The van der Waals surface area contributed by atoms with Gasteiger partial charge in [0.1, 0.15) is 5.75 Å². The molecule has 0 aliphatic carbocycles. The first-order valence-corrected chi connectivity index (χ1v) is 7.08. The Balaban J connectivity index is 1.64. The van der Waals surface area contributed by atoms with Crippen molar-refractivity contribution in [3.63, 3.8) is 0 Å². The van der Waals surface area contributed by atoms with E-state index in [-0.39, 0.29) is 23.9 Å². The summed E-state index contributed by atoms with van der Waals surface area (Å²) in [6.07, 6.45) is 0.425. The molecule has 0 radical (unpaired) electrons. The van der Waals surface area contributed by atoms with Crippen LogP contribution in [-0.4, -0.2) is 22.8 Å². The topological polar surface area (TPSA) is 78.4 Å². The Morgan fingerprint density at radius 1 is 1.18 bits per heavy atom. The number of hydrogen-bond donors (Lipinski definition) is 3. The number of nitrogens with one attached hydrogen (secondary N) is 2. The molecule has 1 amide bonds. The highest BCUT2D eigenvalue weighted by atomic mass is 16.3. The number of carbonyl (C=O) groups excluding carboxylic acids is 2. The summed E-state index contributed by atoms with van der Waals surface area (Å²) in [6, 6.07) is 13.3. The molecule has 3 N–H and O–H groups in total. The summed E-state index contributed by atoms with van der Waals surface area (Å²) in [6.45, 7) is 0. The number of hydrogen-bond acceptors (Lipinski definition) is 4. The molecule has 1 aliphatic heterocycles. The van der Waals surface area contributed by atoms with Crippen molar-refractivity contribution in [2.45, 2.75) is 18.9 Å². The van der Waals surface area contributed by atoms with Gasteiger partial charge in [0.05, 0.1) is 12.5 Å². The molecule has 1 atom stereocenters. The lowest BCUT2D eigenvalue weighted by molar-refractivity contribution is -0.123. The Kier molecular flexibility index (Phi) is 3.78. The molecule has 22 heavy (non-hydrogen) atoms. The van der Waals surface area contributed by atoms with E-state index >= 15 is 0 Å². The third-order valence-electron chi connectivity index (χ3n) is 3.64. The van der Waals surface area contributed by atoms with Crippen molar-refractivity contribution >= 4 is 23.1 Å². The van der Waals surface area contributed by atoms with E-state index in [4.69, 9.17) is 0 Å². The van der Waals surface area contributed by atoms with Crippen molar-refractivity contribution in [3.8, 4) is 5.75 Å². The van der Waals surface area contributed by atoms with Gasteiger partial charge in [-0.1, -0.05) is 18.2 Å². The Hall–Kier alpha value is -2.82. The lowest BCUT2D eigenvalue weighted by atomic mass is 9.95. The number of ketones is 1. The smallest absolute Gasteiger partial charge is 0.226 e. The molecule has 0 fully saturated rings. The summed E-state index contributed by atoms with van der Waals surface area (Å²) in [7, 11) is 0. The zero-order valence-electron chi connectivity index (χ0n) is 11.9. The third-order valence-corrected chi connectivity index (χ3v) is 3.64. The van der Waals surface area contributed by atoms with E-state index in [1.807, 2.05) is 24.3 Å². The molecular weight excluding hydrogens is 280 g/mol. The van der Waals surface area contributed by atoms with Crippen molar-refractivity contribution in [1.82, 2.24) is 0 Å². The Morgan fingerprint density at radius 2 is 1.91 bits per heavy atom. The van der Waals surface area contributed by atoms with E-state index in [1.165, 1.54) is 12.1 Å². The monoisotopic (exact) mass is 296 g/mol. The normalized spacial score (nSPS) is 16.5. The number of para-hydroxylation sites is 1. The quantitative estimate of drug-likeness (QED) is 0.760. The van der Waals surface area contributed by atoms with Crippen LogP contribution >= 0.6 is 0 Å². The third kappa shape index (κ3) is 3.09. The van der Waals surface area contributed by atoms with E-state index in [9.17, 15) is 14.7 Å². The van der Waals surface area contributed by atoms with E-state index in [2.05, 4.69) is 10.6 Å². The summed E-state index contributed by atoms with van der Waals surface area (Å²) in [5.41, 5.74) is 2.46. The Morgan fingerprint density at radius 3 is 2.68 bits per heavy atom. The number of phenolic OH excluding ortho intramolecular Hbond substituents is 1. The Bertz CT molecular complexity index is 710. The maximum Gasteiger partial charge on any atom is 0.226 e. The fourth-order valence-corrected chi connectivity index (χ4v) is 2.50. The Labute approximate surface area is 128 Å². The maximum absolute atomic E-state index is 12.1. The fraction of sp³-hybridized carbons (Fsp3) is 0.176. The van der Waals surface area contributed by atoms with E-state index in [0.717, 1.165) is 11.3 Å². The van der Waals surface area contributed by atoms with Gasteiger partial charge in [-0.25, -0.2) is 0 Å². The van der Waals surface area contributed by atoms with Crippen molar-refractivity contribution in [2.24, 2.45) is 0 Å². The zero-order chi connectivity index (χ0) is 15.5. The highest BCUT2D eigenvalue weighted by molar-refractivity contribution is 5.99. The molecule has 0 saturated carbocycles. The second-order valence-electron chi connectivity index (χ2n) is 5.30. The number of carbonyl (C=O) groups is 2. The summed E-state index contributed by atoms with van der Waals surface area (Å²) in [4.78, 5) is 24.2. The molecule has 5 nitrogen and oxygen atoms in total. The average molecular weight is 296 g/mol. The predicted molar refractivity (Wildman–Crippen MR) is 83.9 cm³/mol. The second kappa shape index (κ2) is 5.89. The first kappa shape index (κ1) is 14.1. The van der Waals surface area contributed by atoms with Crippen LogP contribution in [0.4, 0.5) is 11.4 Å². The van der Waals surface area contributed by atoms with E-state index in [0.29, 0.717) is 12.1 Å². The number of aromatic hydroxyl groups is 1. The molecule has 5 heteroatoms. The number of Topliss-reactive ketones (excluding diaryl/α,β-unsaturated/α-hetero) is 1. The zero-order valence-corrected chi connectivity index (χ0v) is 11.9. The number of phenols is 1. The minimum atomic E-state index is -0.507. The van der Waals surface area contributed by atoms with Crippen molar-refractivity contribution in [1.29, 1.82) is 0 Å². The number of fused-ring (bicyclic) bond motifs is 1. The molecule has 2 aromatic rings. The molecule has 3 rings (SSSR count). The molecule has 0 bridgehead atoms. The molecule has 0 aromatic heterocycles. The molecule has 1 aliphatic rings. The van der Waals surface area contributed by atoms with Crippen LogP contribution in [0.3, 0.4) is 0 Å². The van der Waals surface area contributed by atoms with Gasteiger partial charge < -0.3 is 15.7 Å². The summed E-state index contributed by atoms with van der Waals surface area (Å²) < 4.78 is 0. The van der Waals surface area contributed by atoms with E-state index < -0.39 is 6.04 Å². The van der Waals surface area contributed by atoms with Crippen LogP contribution in [0.25, 0.3) is 0 Å². The van der Waals surface area contributed by atoms with Crippen molar-refractivity contribution in [2.75, 3.05) is 10.6 Å². The van der Waals surface area contributed by atoms with Crippen LogP contribution in [0.1, 0.15) is 12.0 Å². The van der Waals surface area contributed by atoms with Crippen LogP contribution in [0.15, 0.2) is 48.5 Å². The highest BCUT2D eigenvalue weighted by Crippen LogP contribution is 2.24. The number of rotatable bonds is 3.